The van der Waals surface area contributed by atoms with Crippen LogP contribution in [0.25, 0.3) is 10.7 Å². The van der Waals surface area contributed by atoms with Gasteiger partial charge in [-0.2, -0.15) is 16.3 Å². The maximum atomic E-state index is 5.42. The van der Waals surface area contributed by atoms with Gasteiger partial charge in [0, 0.05) is 12.6 Å². The molecule has 4 rings (SSSR count). The Morgan fingerprint density at radius 1 is 1.24 bits per heavy atom. The van der Waals surface area contributed by atoms with Crippen LogP contribution in [0.15, 0.2) is 38.9 Å². The Labute approximate surface area is 131 Å². The predicted molar refractivity (Wildman–Crippen MR) is 84.2 cm³/mol. The fraction of sp³-hybridized carbons (Fsp3) is 0.333. The van der Waals surface area contributed by atoms with Crippen LogP contribution in [0.1, 0.15) is 24.3 Å². The van der Waals surface area contributed by atoms with E-state index in [2.05, 4.69) is 31.9 Å². The minimum Gasteiger partial charge on any atom is -0.338 e. The van der Waals surface area contributed by atoms with Crippen LogP contribution in [0.3, 0.4) is 0 Å². The zero-order chi connectivity index (χ0) is 14.1. The smallest absolute Gasteiger partial charge is 0.241 e. The molecular weight excluding hydrogens is 302 g/mol. The first kappa shape index (κ1) is 13.2. The van der Waals surface area contributed by atoms with Crippen molar-refractivity contribution in [3.05, 3.63) is 45.8 Å². The number of nitrogens with zero attached hydrogens (tertiary/aromatic N) is 3. The summed E-state index contributed by atoms with van der Waals surface area (Å²) in [4.78, 5) is 8.02. The van der Waals surface area contributed by atoms with E-state index in [1.807, 2.05) is 17.5 Å². The van der Waals surface area contributed by atoms with Crippen molar-refractivity contribution in [2.75, 3.05) is 0 Å². The number of hydrogen-bond acceptors (Lipinski definition) is 6. The van der Waals surface area contributed by atoms with Crippen LogP contribution >= 0.6 is 22.7 Å². The average Bonchev–Trinajstić information content (AvgIpc) is 2.93. The van der Waals surface area contributed by atoms with Gasteiger partial charge in [-0.25, -0.2) is 0 Å². The van der Waals surface area contributed by atoms with Gasteiger partial charge in [0.05, 0.1) is 11.4 Å². The minimum absolute atomic E-state index is 0.669. The lowest BCUT2D eigenvalue weighted by molar-refractivity contribution is 0.210. The molecule has 0 amide bonds. The number of rotatable bonds is 6. The molecule has 1 fully saturated rings. The van der Waals surface area contributed by atoms with E-state index in [0.717, 1.165) is 18.0 Å². The van der Waals surface area contributed by atoms with E-state index in [1.165, 1.54) is 18.4 Å². The first-order valence-corrected chi connectivity index (χ1v) is 8.82. The first-order valence-electron chi connectivity index (χ1n) is 7.00. The standard InChI is InChI=1S/C15H15N3OS2/c1-2-13(21-6-1)15-16-14(19-17-15)9-18(12-3-4-12)8-11-5-7-20-10-11/h1-2,5-7,10,12H,3-4,8-9H2. The molecule has 0 aromatic carbocycles. The van der Waals surface area contributed by atoms with Crippen LogP contribution in [0.4, 0.5) is 0 Å². The Hall–Kier alpha value is -1.50. The third-order valence-electron chi connectivity index (χ3n) is 3.58. The summed E-state index contributed by atoms with van der Waals surface area (Å²) in [6, 6.07) is 6.87. The van der Waals surface area contributed by atoms with E-state index in [9.17, 15) is 0 Å². The molecule has 1 aliphatic carbocycles. The van der Waals surface area contributed by atoms with Crippen LogP contribution in [-0.2, 0) is 13.1 Å². The van der Waals surface area contributed by atoms with Gasteiger partial charge in [0.15, 0.2) is 0 Å². The lowest BCUT2D eigenvalue weighted by Crippen LogP contribution is -2.25. The van der Waals surface area contributed by atoms with E-state index < -0.39 is 0 Å². The van der Waals surface area contributed by atoms with Crippen molar-refractivity contribution in [1.82, 2.24) is 15.0 Å². The van der Waals surface area contributed by atoms with Gasteiger partial charge in [0.25, 0.3) is 0 Å². The molecule has 1 aliphatic rings. The van der Waals surface area contributed by atoms with E-state index >= 15 is 0 Å². The maximum Gasteiger partial charge on any atom is 0.241 e. The lowest BCUT2D eigenvalue weighted by atomic mass is 10.3. The van der Waals surface area contributed by atoms with Crippen molar-refractivity contribution < 1.29 is 4.52 Å². The average molecular weight is 317 g/mol. The van der Waals surface area contributed by atoms with E-state index in [1.54, 1.807) is 22.7 Å². The second-order valence-corrected chi connectivity index (χ2v) is 6.98. The highest BCUT2D eigenvalue weighted by atomic mass is 32.1. The Balaban J connectivity index is 1.48. The number of thiophene rings is 2. The van der Waals surface area contributed by atoms with Crippen molar-refractivity contribution in [3.8, 4) is 10.7 Å². The predicted octanol–water partition coefficient (Wildman–Crippen LogP) is 4.02. The monoisotopic (exact) mass is 317 g/mol. The topological polar surface area (TPSA) is 42.2 Å². The molecule has 0 N–H and O–H groups in total. The first-order chi connectivity index (χ1) is 10.4. The molecule has 0 spiro atoms. The van der Waals surface area contributed by atoms with Crippen molar-refractivity contribution in [1.29, 1.82) is 0 Å². The van der Waals surface area contributed by atoms with Gasteiger partial charge in [-0.1, -0.05) is 11.2 Å². The normalized spacial score (nSPS) is 14.9. The fourth-order valence-electron chi connectivity index (χ4n) is 2.37. The molecule has 0 radical (unpaired) electrons. The van der Waals surface area contributed by atoms with Gasteiger partial charge in [-0.05, 0) is 46.7 Å². The molecule has 3 heterocycles. The van der Waals surface area contributed by atoms with Crippen molar-refractivity contribution in [2.45, 2.75) is 32.0 Å². The molecular formula is C15H15N3OS2. The Morgan fingerprint density at radius 3 is 2.90 bits per heavy atom. The van der Waals surface area contributed by atoms with Crippen molar-refractivity contribution in [3.63, 3.8) is 0 Å². The van der Waals surface area contributed by atoms with Crippen molar-refractivity contribution in [2.24, 2.45) is 0 Å². The molecule has 0 atom stereocenters. The molecule has 3 aromatic rings. The van der Waals surface area contributed by atoms with Crippen LogP contribution in [0, 0.1) is 0 Å². The van der Waals surface area contributed by atoms with Crippen LogP contribution in [0.2, 0.25) is 0 Å². The van der Waals surface area contributed by atoms with Crippen LogP contribution in [0.5, 0.6) is 0 Å². The second kappa shape index (κ2) is 5.71. The Bertz CT molecular complexity index is 686. The highest BCUT2D eigenvalue weighted by molar-refractivity contribution is 7.13. The molecule has 0 unspecified atom stereocenters. The van der Waals surface area contributed by atoms with Gasteiger partial charge in [-0.3, -0.25) is 4.90 Å². The molecule has 4 nitrogen and oxygen atoms in total. The van der Waals surface area contributed by atoms with Gasteiger partial charge < -0.3 is 4.52 Å². The zero-order valence-electron chi connectivity index (χ0n) is 11.4. The molecule has 21 heavy (non-hydrogen) atoms. The third kappa shape index (κ3) is 3.07. The Morgan fingerprint density at radius 2 is 2.19 bits per heavy atom. The van der Waals surface area contributed by atoms with E-state index in [0.29, 0.717) is 17.8 Å². The summed E-state index contributed by atoms with van der Waals surface area (Å²) in [6.45, 7) is 1.70. The SMILES string of the molecule is c1csc(-c2noc(CN(Cc3ccsc3)C3CC3)n2)c1. The van der Waals surface area contributed by atoms with Gasteiger partial charge >= 0.3 is 0 Å². The largest absolute Gasteiger partial charge is 0.338 e. The summed E-state index contributed by atoms with van der Waals surface area (Å²) < 4.78 is 5.42. The highest BCUT2D eigenvalue weighted by Gasteiger charge is 2.30. The maximum absolute atomic E-state index is 5.42. The molecule has 0 aliphatic heterocycles. The number of hydrogen-bond donors (Lipinski definition) is 0. The molecule has 1 saturated carbocycles. The summed E-state index contributed by atoms with van der Waals surface area (Å²) in [5.74, 6) is 1.41. The molecule has 0 bridgehead atoms. The lowest BCUT2D eigenvalue weighted by Gasteiger charge is -2.18. The zero-order valence-corrected chi connectivity index (χ0v) is 13.1. The van der Waals surface area contributed by atoms with Crippen molar-refractivity contribution >= 4 is 22.7 Å². The Kier molecular flexibility index (Phi) is 3.58. The molecule has 3 aromatic heterocycles. The molecule has 6 heteroatoms. The summed E-state index contributed by atoms with van der Waals surface area (Å²) in [6.07, 6.45) is 2.55. The summed E-state index contributed by atoms with van der Waals surface area (Å²) in [5.41, 5.74) is 1.37. The highest BCUT2D eigenvalue weighted by Crippen LogP contribution is 2.30. The molecule has 0 saturated heterocycles. The van der Waals surface area contributed by atoms with Crippen LogP contribution in [-0.4, -0.2) is 21.1 Å². The van der Waals surface area contributed by atoms with Gasteiger partial charge in [0.2, 0.25) is 11.7 Å². The summed E-state index contributed by atoms with van der Waals surface area (Å²) in [5, 5.41) is 10.5. The molecule has 108 valence electrons. The van der Waals surface area contributed by atoms with Crippen LogP contribution < -0.4 is 0 Å². The summed E-state index contributed by atoms with van der Waals surface area (Å²) >= 11 is 3.38. The van der Waals surface area contributed by atoms with Gasteiger partial charge in [-0.15, -0.1) is 11.3 Å². The van der Waals surface area contributed by atoms with E-state index in [-0.39, 0.29) is 0 Å². The fourth-order valence-corrected chi connectivity index (χ4v) is 3.68. The number of aromatic nitrogens is 2. The summed E-state index contributed by atoms with van der Waals surface area (Å²) in [7, 11) is 0. The van der Waals surface area contributed by atoms with E-state index in [4.69, 9.17) is 4.52 Å². The minimum atomic E-state index is 0.669. The van der Waals surface area contributed by atoms with Gasteiger partial charge in [0.1, 0.15) is 0 Å². The third-order valence-corrected chi connectivity index (χ3v) is 5.17. The quantitative estimate of drug-likeness (QED) is 0.688. The second-order valence-electron chi connectivity index (χ2n) is 5.26.